The van der Waals surface area contributed by atoms with Gasteiger partial charge in [0.25, 0.3) is 0 Å². The van der Waals surface area contributed by atoms with Crippen LogP contribution in [0.15, 0.2) is 48.5 Å². The van der Waals surface area contributed by atoms with Crippen LogP contribution in [0.3, 0.4) is 0 Å². The van der Waals surface area contributed by atoms with Crippen molar-refractivity contribution < 1.29 is 14.3 Å². The van der Waals surface area contributed by atoms with Crippen LogP contribution >= 0.6 is 12.4 Å². The van der Waals surface area contributed by atoms with Crippen molar-refractivity contribution in [2.45, 2.75) is 26.0 Å². The minimum absolute atomic E-state index is 0. The van der Waals surface area contributed by atoms with E-state index in [9.17, 15) is 4.79 Å². The van der Waals surface area contributed by atoms with Gasteiger partial charge >= 0.3 is 5.97 Å². The number of ether oxygens (including phenoxy) is 2. The van der Waals surface area contributed by atoms with Crippen LogP contribution in [0.25, 0.3) is 10.9 Å². The summed E-state index contributed by atoms with van der Waals surface area (Å²) in [6.45, 7) is 4.05. The molecule has 3 aromatic rings. The van der Waals surface area contributed by atoms with Crippen molar-refractivity contribution in [3.05, 3.63) is 65.4 Å². The van der Waals surface area contributed by atoms with Crippen molar-refractivity contribution in [2.75, 3.05) is 13.2 Å². The quantitative estimate of drug-likeness (QED) is 0.652. The Kier molecular flexibility index (Phi) is 6.04. The van der Waals surface area contributed by atoms with Crippen molar-refractivity contribution in [1.82, 2.24) is 10.3 Å². The normalized spacial score (nSPS) is 15.7. The fourth-order valence-electron chi connectivity index (χ4n) is 3.50. The van der Waals surface area contributed by atoms with Crippen molar-refractivity contribution >= 4 is 29.3 Å². The number of aromatic amines is 1. The largest absolute Gasteiger partial charge is 0.489 e. The number of nitrogens with one attached hydrogen (secondary N) is 2. The van der Waals surface area contributed by atoms with E-state index in [4.69, 9.17) is 9.47 Å². The van der Waals surface area contributed by atoms with Crippen molar-refractivity contribution in [3.63, 3.8) is 0 Å². The first-order valence-corrected chi connectivity index (χ1v) is 8.95. The number of carbonyl (C=O) groups excluding carboxylic acids is 1. The topological polar surface area (TPSA) is 63.3 Å². The summed E-state index contributed by atoms with van der Waals surface area (Å²) in [6.07, 6.45) is 0. The van der Waals surface area contributed by atoms with Gasteiger partial charge in [0.1, 0.15) is 12.4 Å². The summed E-state index contributed by atoms with van der Waals surface area (Å²) in [5.74, 6) is 0.318. The molecule has 27 heavy (non-hydrogen) atoms. The van der Waals surface area contributed by atoms with Crippen molar-refractivity contribution in [2.24, 2.45) is 0 Å². The maximum atomic E-state index is 12.4. The first-order valence-electron chi connectivity index (χ1n) is 8.95. The lowest BCUT2D eigenvalue weighted by molar-refractivity contribution is -0.145. The first-order chi connectivity index (χ1) is 12.8. The zero-order chi connectivity index (χ0) is 17.9. The van der Waals surface area contributed by atoms with E-state index in [1.807, 2.05) is 55.5 Å². The van der Waals surface area contributed by atoms with Crippen LogP contribution < -0.4 is 10.1 Å². The third kappa shape index (κ3) is 3.94. The van der Waals surface area contributed by atoms with Gasteiger partial charge < -0.3 is 19.8 Å². The van der Waals surface area contributed by atoms with Gasteiger partial charge in [-0.05, 0) is 36.2 Å². The van der Waals surface area contributed by atoms with E-state index in [-0.39, 0.29) is 24.3 Å². The van der Waals surface area contributed by atoms with Gasteiger partial charge in [-0.25, -0.2) is 0 Å². The monoisotopic (exact) mass is 386 g/mol. The Morgan fingerprint density at radius 1 is 1.19 bits per heavy atom. The van der Waals surface area contributed by atoms with Gasteiger partial charge in [0.15, 0.2) is 0 Å². The van der Waals surface area contributed by atoms with Gasteiger partial charge in [0, 0.05) is 29.7 Å². The molecule has 1 aromatic heterocycles. The molecule has 0 aliphatic carbocycles. The number of hydrogen-bond donors (Lipinski definition) is 2. The molecule has 2 N–H and O–H groups in total. The highest BCUT2D eigenvalue weighted by atomic mass is 35.5. The summed E-state index contributed by atoms with van der Waals surface area (Å²) in [4.78, 5) is 15.8. The lowest BCUT2D eigenvalue weighted by Gasteiger charge is -2.22. The zero-order valence-corrected chi connectivity index (χ0v) is 16.0. The summed E-state index contributed by atoms with van der Waals surface area (Å²) in [5.41, 5.74) is 4.21. The van der Waals surface area contributed by atoms with Crippen molar-refractivity contribution in [3.8, 4) is 5.75 Å². The van der Waals surface area contributed by atoms with Gasteiger partial charge in [-0.2, -0.15) is 0 Å². The Morgan fingerprint density at radius 2 is 2.00 bits per heavy atom. The molecule has 142 valence electrons. The molecular formula is C21H23ClN2O3. The van der Waals surface area contributed by atoms with E-state index in [0.29, 0.717) is 19.8 Å². The van der Waals surface area contributed by atoms with Crippen LogP contribution in [0, 0.1) is 0 Å². The zero-order valence-electron chi connectivity index (χ0n) is 15.2. The fourth-order valence-corrected chi connectivity index (χ4v) is 3.50. The number of aromatic nitrogens is 1. The molecule has 2 heterocycles. The molecule has 4 rings (SSSR count). The van der Waals surface area contributed by atoms with Crippen LogP contribution in [0.5, 0.6) is 5.75 Å². The molecular weight excluding hydrogens is 364 g/mol. The number of halogens is 1. The summed E-state index contributed by atoms with van der Waals surface area (Å²) in [7, 11) is 0. The molecule has 5 nitrogen and oxygen atoms in total. The molecule has 0 saturated heterocycles. The Bertz CT molecular complexity index is 924. The number of rotatable bonds is 5. The Hall–Kier alpha value is -2.50. The molecule has 6 heteroatoms. The van der Waals surface area contributed by atoms with E-state index in [1.54, 1.807) is 0 Å². The van der Waals surface area contributed by atoms with E-state index >= 15 is 0 Å². The van der Waals surface area contributed by atoms with Crippen LogP contribution in [-0.2, 0) is 22.7 Å². The van der Waals surface area contributed by atoms with E-state index in [2.05, 4.69) is 10.3 Å². The molecule has 1 aliphatic heterocycles. The molecule has 2 aromatic carbocycles. The second-order valence-corrected chi connectivity index (χ2v) is 6.43. The third-order valence-corrected chi connectivity index (χ3v) is 4.71. The summed E-state index contributed by atoms with van der Waals surface area (Å²) >= 11 is 0. The van der Waals surface area contributed by atoms with Crippen LogP contribution in [0.1, 0.15) is 29.7 Å². The minimum atomic E-state index is -0.295. The molecule has 0 radical (unpaired) electrons. The van der Waals surface area contributed by atoms with E-state index in [0.717, 1.165) is 40.0 Å². The summed E-state index contributed by atoms with van der Waals surface area (Å²) in [5, 5.41) is 4.32. The molecule has 0 amide bonds. The molecule has 1 atom stereocenters. The number of carbonyl (C=O) groups is 1. The Balaban J connectivity index is 0.00000210. The second kappa shape index (κ2) is 8.46. The van der Waals surface area contributed by atoms with Gasteiger partial charge in [-0.15, -0.1) is 12.4 Å². The predicted octanol–water partition coefficient (Wildman–Crippen LogP) is 3.92. The minimum Gasteiger partial charge on any atom is -0.489 e. The number of fused-ring (bicyclic) bond motifs is 3. The molecule has 0 saturated carbocycles. The smallest absolute Gasteiger partial charge is 0.314 e. The molecule has 1 aliphatic rings. The Labute approximate surface area is 164 Å². The van der Waals surface area contributed by atoms with Crippen LogP contribution in [0.4, 0.5) is 0 Å². The molecule has 0 bridgehead atoms. The number of H-pyrrole nitrogens is 1. The van der Waals surface area contributed by atoms with Gasteiger partial charge in [0.05, 0.1) is 12.5 Å². The predicted molar refractivity (Wildman–Crippen MR) is 107 cm³/mol. The molecule has 0 fully saturated rings. The number of hydrogen-bond acceptors (Lipinski definition) is 4. The highest BCUT2D eigenvalue weighted by Crippen LogP contribution is 2.34. The second-order valence-electron chi connectivity index (χ2n) is 6.43. The highest BCUT2D eigenvalue weighted by molar-refractivity contribution is 5.92. The fraction of sp³-hybridized carbons (Fsp3) is 0.286. The molecule has 0 unspecified atom stereocenters. The Morgan fingerprint density at radius 3 is 2.78 bits per heavy atom. The summed E-state index contributed by atoms with van der Waals surface area (Å²) < 4.78 is 11.2. The number of benzene rings is 2. The van der Waals surface area contributed by atoms with Gasteiger partial charge in [-0.3, -0.25) is 4.79 Å². The average molecular weight is 387 g/mol. The SMILES string of the molecule is CCOC(=O)[C@@H]1CNCc2[nH]c3ccc(OCc4ccccc4)cc3c21.Cl. The first kappa shape index (κ1) is 19.3. The van der Waals surface area contributed by atoms with Crippen LogP contribution in [0.2, 0.25) is 0 Å². The van der Waals surface area contributed by atoms with Gasteiger partial charge in [0.2, 0.25) is 0 Å². The maximum absolute atomic E-state index is 12.4. The van der Waals surface area contributed by atoms with E-state index in [1.165, 1.54) is 0 Å². The third-order valence-electron chi connectivity index (χ3n) is 4.71. The lowest BCUT2D eigenvalue weighted by Crippen LogP contribution is -2.33. The standard InChI is InChI=1S/C21H22N2O3.ClH/c1-2-25-21(24)17-11-22-12-19-20(17)16-10-15(8-9-18(16)23-19)26-13-14-6-4-3-5-7-14;/h3-10,17,22-23H,2,11-13H2,1H3;1H/t17-;/m1./s1. The van der Waals surface area contributed by atoms with Crippen LogP contribution in [-0.4, -0.2) is 24.1 Å². The highest BCUT2D eigenvalue weighted by Gasteiger charge is 2.31. The van der Waals surface area contributed by atoms with Crippen molar-refractivity contribution in [1.29, 1.82) is 0 Å². The van der Waals surface area contributed by atoms with Gasteiger partial charge in [-0.1, -0.05) is 30.3 Å². The average Bonchev–Trinajstić information content (AvgIpc) is 3.05. The lowest BCUT2D eigenvalue weighted by atomic mass is 9.93. The maximum Gasteiger partial charge on any atom is 0.314 e. The summed E-state index contributed by atoms with van der Waals surface area (Å²) in [6, 6.07) is 16.1. The molecule has 0 spiro atoms. The number of esters is 1. The van der Waals surface area contributed by atoms with E-state index < -0.39 is 0 Å².